The summed E-state index contributed by atoms with van der Waals surface area (Å²) < 4.78 is 24.1. The molecule has 0 saturated carbocycles. The Balaban J connectivity index is 2.58. The van der Waals surface area contributed by atoms with Gasteiger partial charge in [-0.15, -0.1) is 0 Å². The molecule has 0 saturated heterocycles. The number of nitrogens with zero attached hydrogens (tertiary/aromatic N) is 1. The van der Waals surface area contributed by atoms with Gasteiger partial charge in [-0.3, -0.25) is 0 Å². The fraction of sp³-hybridized carbons (Fsp3) is 0.0714. The van der Waals surface area contributed by atoms with Crippen molar-refractivity contribution in [3.63, 3.8) is 0 Å². The van der Waals surface area contributed by atoms with Gasteiger partial charge in [0.15, 0.2) is 0 Å². The Bertz CT molecular complexity index is 748. The molecule has 0 aliphatic carbocycles. The maximum atomic E-state index is 11.6. The molecule has 0 fully saturated rings. The summed E-state index contributed by atoms with van der Waals surface area (Å²) in [5, 5.41) is 9.18. The number of benzene rings is 2. The zero-order valence-electron chi connectivity index (χ0n) is 11.0. The van der Waals surface area contributed by atoms with Crippen molar-refractivity contribution in [2.45, 2.75) is 6.92 Å². The predicted molar refractivity (Wildman–Crippen MR) is 82.0 cm³/mol. The first-order valence-corrected chi connectivity index (χ1v) is 7.44. The van der Waals surface area contributed by atoms with Crippen LogP contribution in [0.3, 0.4) is 0 Å². The number of aryl methyl sites for hydroxylation is 1. The van der Waals surface area contributed by atoms with E-state index in [4.69, 9.17) is 16.7 Å². The second-order valence-corrected chi connectivity index (χ2v) is 5.70. The Morgan fingerprint density at radius 2 is 1.71 bits per heavy atom. The summed E-state index contributed by atoms with van der Waals surface area (Å²) in [7, 11) is -2.99. The second-order valence-electron chi connectivity index (χ2n) is 4.39. The minimum absolute atomic E-state index is 0.0774. The molecule has 0 radical (unpaired) electrons. The molecule has 7 heteroatoms. The van der Waals surface area contributed by atoms with Crippen LogP contribution in [0.15, 0.2) is 42.5 Å². The Kier molecular flexibility index (Phi) is 4.50. The third-order valence-corrected chi connectivity index (χ3v) is 3.82. The van der Waals surface area contributed by atoms with Crippen molar-refractivity contribution >= 4 is 39.8 Å². The standard InChI is InChI=1S/C14H12ClNO4S/c1-9-2-4-12(5-3-9)16(21(19)20)13-7-10(14(17)18)6-11(15)8-13/h2-8,21H,1H3,(H,17,18). The summed E-state index contributed by atoms with van der Waals surface area (Å²) in [5.41, 5.74) is 1.50. The molecule has 0 aliphatic rings. The van der Waals surface area contributed by atoms with E-state index >= 15 is 0 Å². The van der Waals surface area contributed by atoms with Crippen LogP contribution in [0.25, 0.3) is 0 Å². The third-order valence-electron chi connectivity index (χ3n) is 2.82. The van der Waals surface area contributed by atoms with Gasteiger partial charge in [0.25, 0.3) is 0 Å². The first-order chi connectivity index (χ1) is 9.88. The maximum absolute atomic E-state index is 11.6. The van der Waals surface area contributed by atoms with E-state index in [-0.39, 0.29) is 16.3 Å². The number of rotatable bonds is 4. The largest absolute Gasteiger partial charge is 0.478 e. The molecular weight excluding hydrogens is 314 g/mol. The average Bonchev–Trinajstić information content (AvgIpc) is 2.40. The molecule has 0 spiro atoms. The molecule has 0 aliphatic heterocycles. The summed E-state index contributed by atoms with van der Waals surface area (Å²) in [6.07, 6.45) is 0. The highest BCUT2D eigenvalue weighted by atomic mass is 35.5. The highest BCUT2D eigenvalue weighted by molar-refractivity contribution is 7.74. The van der Waals surface area contributed by atoms with Gasteiger partial charge in [-0.1, -0.05) is 29.3 Å². The number of hydrogen-bond acceptors (Lipinski definition) is 3. The van der Waals surface area contributed by atoms with E-state index in [9.17, 15) is 13.2 Å². The summed E-state index contributed by atoms with van der Waals surface area (Å²) >= 11 is 5.87. The number of thiol groups is 1. The number of aromatic carboxylic acids is 1. The molecule has 2 rings (SSSR count). The molecular formula is C14H12ClNO4S. The third kappa shape index (κ3) is 3.53. The van der Waals surface area contributed by atoms with Gasteiger partial charge in [-0.25, -0.2) is 17.5 Å². The molecule has 2 aromatic rings. The number of anilines is 2. The number of carboxylic acid groups (broad SMARTS) is 1. The predicted octanol–water partition coefficient (Wildman–Crippen LogP) is 3.01. The van der Waals surface area contributed by atoms with Crippen LogP contribution in [-0.2, 0) is 10.9 Å². The lowest BCUT2D eigenvalue weighted by Gasteiger charge is -2.18. The van der Waals surface area contributed by atoms with Crippen LogP contribution < -0.4 is 4.31 Å². The number of carbonyl (C=O) groups is 1. The molecule has 0 amide bonds. The van der Waals surface area contributed by atoms with Crippen LogP contribution in [0.1, 0.15) is 15.9 Å². The summed E-state index contributed by atoms with van der Waals surface area (Å²) in [5.74, 6) is -1.18. The van der Waals surface area contributed by atoms with E-state index in [0.717, 1.165) is 9.87 Å². The van der Waals surface area contributed by atoms with Crippen LogP contribution in [0.4, 0.5) is 11.4 Å². The lowest BCUT2D eigenvalue weighted by molar-refractivity contribution is 0.0697. The van der Waals surface area contributed by atoms with Crippen molar-refractivity contribution in [3.05, 3.63) is 58.6 Å². The number of carboxylic acids is 1. The Morgan fingerprint density at radius 1 is 1.10 bits per heavy atom. The Labute approximate surface area is 128 Å². The maximum Gasteiger partial charge on any atom is 0.335 e. The van der Waals surface area contributed by atoms with Gasteiger partial charge in [0.05, 0.1) is 16.9 Å². The van der Waals surface area contributed by atoms with Crippen LogP contribution in [0.5, 0.6) is 0 Å². The van der Waals surface area contributed by atoms with Gasteiger partial charge < -0.3 is 5.11 Å². The van der Waals surface area contributed by atoms with Crippen molar-refractivity contribution < 1.29 is 18.3 Å². The molecule has 21 heavy (non-hydrogen) atoms. The SMILES string of the molecule is Cc1ccc(N(c2cc(Cl)cc(C(=O)O)c2)[SH](=O)=O)cc1. The monoisotopic (exact) mass is 325 g/mol. The van der Waals surface area contributed by atoms with E-state index in [1.807, 2.05) is 6.92 Å². The molecule has 0 heterocycles. The minimum Gasteiger partial charge on any atom is -0.478 e. The quantitative estimate of drug-likeness (QED) is 0.847. The smallest absolute Gasteiger partial charge is 0.335 e. The molecule has 0 atom stereocenters. The molecule has 5 nitrogen and oxygen atoms in total. The molecule has 1 N–H and O–H groups in total. The minimum atomic E-state index is -2.99. The van der Waals surface area contributed by atoms with Gasteiger partial charge in [0, 0.05) is 5.02 Å². The summed E-state index contributed by atoms with van der Waals surface area (Å²) in [6.45, 7) is 1.88. The van der Waals surface area contributed by atoms with Gasteiger partial charge in [0.2, 0.25) is 10.9 Å². The van der Waals surface area contributed by atoms with E-state index < -0.39 is 16.9 Å². The zero-order chi connectivity index (χ0) is 15.6. The normalized spacial score (nSPS) is 10.6. The Morgan fingerprint density at radius 3 is 2.24 bits per heavy atom. The van der Waals surface area contributed by atoms with Crippen LogP contribution in [0.2, 0.25) is 5.02 Å². The number of hydrogen-bond donors (Lipinski definition) is 2. The second kappa shape index (κ2) is 6.15. The first kappa shape index (κ1) is 15.3. The van der Waals surface area contributed by atoms with Crippen LogP contribution in [0, 0.1) is 6.92 Å². The molecule has 2 aromatic carbocycles. The first-order valence-electron chi connectivity index (χ1n) is 5.93. The lowest BCUT2D eigenvalue weighted by Crippen LogP contribution is -2.15. The summed E-state index contributed by atoms with van der Waals surface area (Å²) in [4.78, 5) is 11.1. The highest BCUT2D eigenvalue weighted by Gasteiger charge is 2.15. The molecule has 0 unspecified atom stereocenters. The van der Waals surface area contributed by atoms with Gasteiger partial charge in [0.1, 0.15) is 0 Å². The van der Waals surface area contributed by atoms with Gasteiger partial charge in [-0.2, -0.15) is 0 Å². The van der Waals surface area contributed by atoms with E-state index in [1.54, 1.807) is 24.3 Å². The van der Waals surface area contributed by atoms with E-state index in [0.29, 0.717) is 5.69 Å². The van der Waals surface area contributed by atoms with Crippen molar-refractivity contribution in [1.82, 2.24) is 0 Å². The highest BCUT2D eigenvalue weighted by Crippen LogP contribution is 2.29. The summed E-state index contributed by atoms with van der Waals surface area (Å²) in [6, 6.07) is 10.7. The molecule has 0 bridgehead atoms. The average molecular weight is 326 g/mol. The van der Waals surface area contributed by atoms with E-state index in [2.05, 4.69) is 0 Å². The van der Waals surface area contributed by atoms with Gasteiger partial charge in [-0.05, 0) is 37.3 Å². The van der Waals surface area contributed by atoms with Crippen molar-refractivity contribution in [2.24, 2.45) is 0 Å². The molecule has 110 valence electrons. The van der Waals surface area contributed by atoms with Crippen LogP contribution in [-0.4, -0.2) is 19.5 Å². The van der Waals surface area contributed by atoms with Crippen molar-refractivity contribution in [3.8, 4) is 0 Å². The van der Waals surface area contributed by atoms with Crippen LogP contribution >= 0.6 is 11.6 Å². The number of halogens is 1. The fourth-order valence-electron chi connectivity index (χ4n) is 1.84. The van der Waals surface area contributed by atoms with Crippen molar-refractivity contribution in [2.75, 3.05) is 4.31 Å². The molecule has 0 aromatic heterocycles. The zero-order valence-corrected chi connectivity index (χ0v) is 12.6. The van der Waals surface area contributed by atoms with Gasteiger partial charge >= 0.3 is 5.97 Å². The fourth-order valence-corrected chi connectivity index (χ4v) is 2.70. The topological polar surface area (TPSA) is 74.7 Å². The van der Waals surface area contributed by atoms with Crippen molar-refractivity contribution in [1.29, 1.82) is 0 Å². The lowest BCUT2D eigenvalue weighted by atomic mass is 10.2. The Hall–Kier alpha value is -2.05. The van der Waals surface area contributed by atoms with E-state index in [1.165, 1.54) is 18.2 Å².